The van der Waals surface area contributed by atoms with Crippen LogP contribution in [0.2, 0.25) is 0 Å². The van der Waals surface area contributed by atoms with E-state index in [0.29, 0.717) is 12.2 Å². The monoisotopic (exact) mass is 215 g/mol. The highest BCUT2D eigenvalue weighted by atomic mass is 16.4. The summed E-state index contributed by atoms with van der Waals surface area (Å²) in [5, 5.41) is 19.0. The molecule has 3 N–H and O–H groups in total. The van der Waals surface area contributed by atoms with Gasteiger partial charge in [-0.3, -0.25) is 0 Å². The Hall–Kier alpha value is -1.36. The van der Waals surface area contributed by atoms with Crippen molar-refractivity contribution in [2.75, 3.05) is 13.1 Å². The fourth-order valence-corrected chi connectivity index (χ4v) is 1.12. The van der Waals surface area contributed by atoms with Crippen LogP contribution < -0.4 is 5.32 Å². The molecule has 0 amide bonds. The van der Waals surface area contributed by atoms with Crippen molar-refractivity contribution in [3.05, 3.63) is 12.2 Å². The lowest BCUT2D eigenvalue weighted by Gasteiger charge is -1.91. The van der Waals surface area contributed by atoms with E-state index in [1.54, 1.807) is 0 Å². The Morgan fingerprint density at radius 3 is 1.60 bits per heavy atom. The minimum atomic E-state index is -1.26. The Labute approximate surface area is 88.8 Å². The highest BCUT2D eigenvalue weighted by Gasteiger charge is 1.94. The molecule has 1 fully saturated rings. The first-order chi connectivity index (χ1) is 7.13. The van der Waals surface area contributed by atoms with E-state index in [9.17, 15) is 9.59 Å². The van der Waals surface area contributed by atoms with Crippen molar-refractivity contribution in [2.24, 2.45) is 0 Å². The summed E-state index contributed by atoms with van der Waals surface area (Å²) in [5.74, 6) is -2.51. The summed E-state index contributed by atoms with van der Waals surface area (Å²) in [4.78, 5) is 19.1. The van der Waals surface area contributed by atoms with Crippen molar-refractivity contribution in [3.63, 3.8) is 0 Å². The second-order valence-electron chi connectivity index (χ2n) is 3.17. The van der Waals surface area contributed by atoms with Crippen molar-refractivity contribution >= 4 is 11.9 Å². The zero-order valence-electron chi connectivity index (χ0n) is 8.61. The average Bonchev–Trinajstić information content (AvgIpc) is 2.47. The molecule has 0 spiro atoms. The molecule has 0 radical (unpaired) electrons. The van der Waals surface area contributed by atoms with Crippen molar-refractivity contribution in [3.8, 4) is 0 Å². The Bertz CT molecular complexity index is 190. The Morgan fingerprint density at radius 1 is 0.867 bits per heavy atom. The summed E-state index contributed by atoms with van der Waals surface area (Å²) in [6.45, 7) is 2.50. The quantitative estimate of drug-likeness (QED) is 0.595. The summed E-state index contributed by atoms with van der Waals surface area (Å²) >= 11 is 0. The predicted molar refractivity (Wildman–Crippen MR) is 55.7 cm³/mol. The van der Waals surface area contributed by atoms with Gasteiger partial charge in [0.05, 0.1) is 0 Å². The first-order valence-electron chi connectivity index (χ1n) is 4.97. The third-order valence-electron chi connectivity index (χ3n) is 1.83. The number of carboxylic acid groups (broad SMARTS) is 2. The molecule has 86 valence electrons. The zero-order chi connectivity index (χ0) is 11.5. The first-order valence-corrected chi connectivity index (χ1v) is 4.97. The van der Waals surface area contributed by atoms with Gasteiger partial charge in [-0.2, -0.15) is 0 Å². The molecule has 15 heavy (non-hydrogen) atoms. The molecule has 1 saturated heterocycles. The van der Waals surface area contributed by atoms with Crippen LogP contribution in [0.5, 0.6) is 0 Å². The third-order valence-corrected chi connectivity index (χ3v) is 1.83. The van der Waals surface area contributed by atoms with E-state index in [0.717, 1.165) is 0 Å². The molecule has 0 saturated carbocycles. The van der Waals surface area contributed by atoms with E-state index < -0.39 is 11.9 Å². The van der Waals surface area contributed by atoms with Gasteiger partial charge in [0, 0.05) is 12.2 Å². The molecule has 0 aromatic heterocycles. The summed E-state index contributed by atoms with van der Waals surface area (Å²) in [6.07, 6.45) is 6.77. The van der Waals surface area contributed by atoms with Crippen LogP contribution in [-0.4, -0.2) is 35.2 Å². The minimum Gasteiger partial charge on any atom is -0.478 e. The second-order valence-corrected chi connectivity index (χ2v) is 3.17. The van der Waals surface area contributed by atoms with Gasteiger partial charge in [0.15, 0.2) is 0 Å². The van der Waals surface area contributed by atoms with Crippen LogP contribution in [0.3, 0.4) is 0 Å². The fraction of sp³-hybridized carbons (Fsp3) is 0.600. The van der Waals surface area contributed by atoms with E-state index in [1.165, 1.54) is 38.8 Å². The number of aliphatic carboxylic acids is 2. The van der Waals surface area contributed by atoms with Gasteiger partial charge >= 0.3 is 11.9 Å². The van der Waals surface area contributed by atoms with E-state index >= 15 is 0 Å². The molecule has 1 heterocycles. The molecule has 0 bridgehead atoms. The first kappa shape index (κ1) is 13.6. The van der Waals surface area contributed by atoms with Gasteiger partial charge in [-0.1, -0.05) is 12.8 Å². The van der Waals surface area contributed by atoms with Crippen LogP contribution in [0, 0.1) is 0 Å². The number of hydrogen-bond acceptors (Lipinski definition) is 3. The Morgan fingerprint density at radius 2 is 1.27 bits per heavy atom. The SMILES string of the molecule is C1CCCNCC1.O=C(O)/C=C/C(=O)O. The van der Waals surface area contributed by atoms with Gasteiger partial charge in [0.25, 0.3) is 0 Å². The lowest BCUT2D eigenvalue weighted by molar-refractivity contribution is -0.134. The van der Waals surface area contributed by atoms with Crippen LogP contribution >= 0.6 is 0 Å². The molecule has 1 aliphatic heterocycles. The topological polar surface area (TPSA) is 86.6 Å². The van der Waals surface area contributed by atoms with E-state index in [2.05, 4.69) is 5.32 Å². The van der Waals surface area contributed by atoms with Crippen LogP contribution in [-0.2, 0) is 9.59 Å². The van der Waals surface area contributed by atoms with E-state index in [1.807, 2.05) is 0 Å². The van der Waals surface area contributed by atoms with Gasteiger partial charge < -0.3 is 15.5 Å². The molecule has 0 aromatic carbocycles. The molecule has 0 aliphatic carbocycles. The minimum absolute atomic E-state index is 0.558. The van der Waals surface area contributed by atoms with Crippen molar-refractivity contribution in [1.82, 2.24) is 5.32 Å². The molecular weight excluding hydrogens is 198 g/mol. The fourth-order valence-electron chi connectivity index (χ4n) is 1.12. The maximum absolute atomic E-state index is 9.55. The molecule has 0 unspecified atom stereocenters. The molecule has 5 heteroatoms. The van der Waals surface area contributed by atoms with Crippen molar-refractivity contribution in [1.29, 1.82) is 0 Å². The van der Waals surface area contributed by atoms with E-state index in [4.69, 9.17) is 10.2 Å². The molecule has 5 nitrogen and oxygen atoms in total. The van der Waals surface area contributed by atoms with Gasteiger partial charge in [0.2, 0.25) is 0 Å². The average molecular weight is 215 g/mol. The van der Waals surface area contributed by atoms with Crippen molar-refractivity contribution in [2.45, 2.75) is 25.7 Å². The Balaban J connectivity index is 0.000000262. The molecule has 1 rings (SSSR count). The lowest BCUT2D eigenvalue weighted by atomic mass is 10.2. The summed E-state index contributed by atoms with van der Waals surface area (Å²) in [5.41, 5.74) is 0. The van der Waals surface area contributed by atoms with Gasteiger partial charge in [-0.25, -0.2) is 9.59 Å². The van der Waals surface area contributed by atoms with Gasteiger partial charge in [0.1, 0.15) is 0 Å². The lowest BCUT2D eigenvalue weighted by Crippen LogP contribution is -2.12. The maximum atomic E-state index is 9.55. The standard InChI is InChI=1S/C6H13N.C4H4O4/c1-2-4-6-7-5-3-1;5-3(6)1-2-4(7)8/h7H,1-6H2;1-2H,(H,5,6)(H,7,8)/b;2-1+. The number of hydrogen-bond donors (Lipinski definition) is 3. The van der Waals surface area contributed by atoms with Gasteiger partial charge in [-0.15, -0.1) is 0 Å². The highest BCUT2D eigenvalue weighted by Crippen LogP contribution is 2.00. The molecular formula is C10H17NO4. The molecule has 0 atom stereocenters. The summed E-state index contributed by atoms with van der Waals surface area (Å²) in [6, 6.07) is 0. The second kappa shape index (κ2) is 9.21. The number of rotatable bonds is 2. The van der Waals surface area contributed by atoms with Crippen LogP contribution in [0.15, 0.2) is 12.2 Å². The summed E-state index contributed by atoms with van der Waals surface area (Å²) < 4.78 is 0. The summed E-state index contributed by atoms with van der Waals surface area (Å²) in [7, 11) is 0. The van der Waals surface area contributed by atoms with Crippen LogP contribution in [0.1, 0.15) is 25.7 Å². The van der Waals surface area contributed by atoms with Crippen molar-refractivity contribution < 1.29 is 19.8 Å². The highest BCUT2D eigenvalue weighted by molar-refractivity contribution is 5.89. The number of carboxylic acids is 2. The Kier molecular flexibility index (Phi) is 8.37. The van der Waals surface area contributed by atoms with E-state index in [-0.39, 0.29) is 0 Å². The molecule has 0 aromatic rings. The van der Waals surface area contributed by atoms with Gasteiger partial charge in [-0.05, 0) is 25.9 Å². The largest absolute Gasteiger partial charge is 0.478 e. The molecule has 1 aliphatic rings. The number of nitrogens with one attached hydrogen (secondary N) is 1. The zero-order valence-corrected chi connectivity index (χ0v) is 8.61. The third kappa shape index (κ3) is 12.6. The number of carbonyl (C=O) groups is 2. The predicted octanol–water partition coefficient (Wildman–Crippen LogP) is 0.862. The normalized spacial score (nSPS) is 16.3. The maximum Gasteiger partial charge on any atom is 0.328 e. The smallest absolute Gasteiger partial charge is 0.328 e. The van der Waals surface area contributed by atoms with Crippen LogP contribution in [0.25, 0.3) is 0 Å². The van der Waals surface area contributed by atoms with Crippen LogP contribution in [0.4, 0.5) is 0 Å².